The van der Waals surface area contributed by atoms with Crippen LogP contribution in [-0.4, -0.2) is 182 Å². The minimum absolute atomic E-state index is 0.0183. The summed E-state index contributed by atoms with van der Waals surface area (Å²) in [5.41, 5.74) is 27.5. The number of aliphatic carboxylic acids is 3. The Morgan fingerprint density at radius 2 is 1.00 bits per heavy atom. The van der Waals surface area contributed by atoms with Crippen LogP contribution in [0, 0.1) is 0 Å². The van der Waals surface area contributed by atoms with E-state index in [4.69, 9.17) is 33.8 Å². The molecule has 22 N–H and O–H groups in total. The molecular weight excluding hydrogens is 1030 g/mol. The number of H-pyrrole nitrogens is 1. The second kappa shape index (κ2) is 35.2. The highest BCUT2D eigenvalue weighted by molar-refractivity contribution is 7.98. The maximum atomic E-state index is 14.3. The van der Waals surface area contributed by atoms with Gasteiger partial charge in [0.2, 0.25) is 59.1 Å². The van der Waals surface area contributed by atoms with Crippen LogP contribution in [0.3, 0.4) is 0 Å². The van der Waals surface area contributed by atoms with Crippen LogP contribution in [0.25, 0.3) is 0 Å². The summed E-state index contributed by atoms with van der Waals surface area (Å²) in [7, 11) is 0. The van der Waals surface area contributed by atoms with Gasteiger partial charge in [0.1, 0.15) is 48.3 Å². The summed E-state index contributed by atoms with van der Waals surface area (Å²) in [6.45, 7) is 1.16. The van der Waals surface area contributed by atoms with E-state index in [1.54, 1.807) is 6.26 Å². The fourth-order valence-electron chi connectivity index (χ4n) is 6.90. The number of carboxylic acids is 3. The fraction of sp³-hybridized carbons (Fsp3) is 0.605. The second-order valence-electron chi connectivity index (χ2n) is 17.0. The molecule has 0 fully saturated rings. The largest absolute Gasteiger partial charge is 0.481 e. The van der Waals surface area contributed by atoms with Gasteiger partial charge in [0, 0.05) is 44.6 Å². The SMILES string of the molecule is CSCC[C@H](NC(=O)[C@H](CCCCN)NC(=O)[C@H](CCCN=C(N)N)NC(=O)[C@H](Cc1cnc[nH]1)NC(=O)[C@H](CCC(=O)O)NC(=O)[C@H](CC(N)=O)NC(=O)[C@H](CCC(=O)O)NC(C)=O)C(=O)N[C@@H](CC(=O)O)C(N)=O. The summed E-state index contributed by atoms with van der Waals surface area (Å²) < 4.78 is 0. The Morgan fingerprint density at radius 3 is 1.42 bits per heavy atom. The lowest BCUT2D eigenvalue weighted by Gasteiger charge is -2.28. The summed E-state index contributed by atoms with van der Waals surface area (Å²) in [6, 6.07) is -12.8. The number of guanidine groups is 1. The number of hydrogen-bond donors (Lipinski definition) is 17. The zero-order valence-electron chi connectivity index (χ0n) is 41.9. The Balaban J connectivity index is 3.68. The number of carboxylic acid groups (broad SMARTS) is 3. The molecule has 1 heterocycles. The Bertz CT molecular complexity index is 2210. The van der Waals surface area contributed by atoms with Crippen LogP contribution >= 0.6 is 11.8 Å². The molecule has 1 rings (SSSR count). The first-order chi connectivity index (χ1) is 35.8. The average molecular weight is 1100 g/mol. The highest BCUT2D eigenvalue weighted by Crippen LogP contribution is 2.11. The van der Waals surface area contributed by atoms with E-state index in [9.17, 15) is 72.5 Å². The smallest absolute Gasteiger partial charge is 0.305 e. The van der Waals surface area contributed by atoms with E-state index in [2.05, 4.69) is 57.5 Å². The molecule has 424 valence electrons. The quantitative estimate of drug-likeness (QED) is 0.0166. The predicted molar refractivity (Wildman–Crippen MR) is 268 cm³/mol. The fourth-order valence-corrected chi connectivity index (χ4v) is 7.37. The van der Waals surface area contributed by atoms with Gasteiger partial charge in [0.15, 0.2) is 5.96 Å². The lowest BCUT2D eigenvalue weighted by molar-refractivity contribution is -0.141. The Kier molecular flexibility index (Phi) is 30.5. The molecule has 8 atom stereocenters. The molecule has 10 amide bonds. The normalized spacial score (nSPS) is 13.9. The number of nitrogens with one attached hydrogen (secondary N) is 9. The number of aromatic amines is 1. The number of hydrogen-bond acceptors (Lipinski definition) is 17. The molecule has 1 aromatic rings. The van der Waals surface area contributed by atoms with Gasteiger partial charge in [-0.2, -0.15) is 11.8 Å². The van der Waals surface area contributed by atoms with Crippen LogP contribution in [0.4, 0.5) is 0 Å². The molecule has 0 aliphatic carbocycles. The van der Waals surface area contributed by atoms with Crippen molar-refractivity contribution in [1.82, 2.24) is 52.5 Å². The summed E-state index contributed by atoms with van der Waals surface area (Å²) in [4.78, 5) is 178. The number of nitrogens with two attached hydrogens (primary N) is 5. The molecule has 0 saturated carbocycles. The molecule has 0 aliphatic heterocycles. The third kappa shape index (κ3) is 27.3. The van der Waals surface area contributed by atoms with Crippen LogP contribution in [0.2, 0.25) is 0 Å². The van der Waals surface area contributed by atoms with E-state index >= 15 is 0 Å². The van der Waals surface area contributed by atoms with Crippen LogP contribution < -0.4 is 71.2 Å². The third-order valence-electron chi connectivity index (χ3n) is 10.7. The van der Waals surface area contributed by atoms with Gasteiger partial charge in [-0.1, -0.05) is 0 Å². The summed E-state index contributed by atoms with van der Waals surface area (Å²) in [6.07, 6.45) is 0.0276. The van der Waals surface area contributed by atoms with E-state index < -0.39 is 164 Å². The van der Waals surface area contributed by atoms with Crippen LogP contribution in [0.1, 0.15) is 89.7 Å². The molecule has 0 spiro atoms. The van der Waals surface area contributed by atoms with Crippen molar-refractivity contribution < 1.29 is 77.6 Å². The number of imidazole rings is 1. The van der Waals surface area contributed by atoms with Crippen molar-refractivity contribution in [3.8, 4) is 0 Å². The molecule has 0 bridgehead atoms. The first kappa shape index (κ1) is 65.9. The topological polar surface area (TPSA) is 550 Å². The number of rotatable bonds is 39. The lowest BCUT2D eigenvalue weighted by atomic mass is 10.0. The molecule has 0 aliphatic rings. The summed E-state index contributed by atoms with van der Waals surface area (Å²) in [5, 5.41) is 46.8. The minimum Gasteiger partial charge on any atom is -0.481 e. The number of carbonyl (C=O) groups excluding carboxylic acids is 10. The van der Waals surface area contributed by atoms with Gasteiger partial charge >= 0.3 is 17.9 Å². The minimum atomic E-state index is -1.87. The number of thioether (sulfide) groups is 1. The van der Waals surface area contributed by atoms with Gasteiger partial charge in [-0.25, -0.2) is 4.98 Å². The summed E-state index contributed by atoms with van der Waals surface area (Å²) in [5.74, 6) is -14.7. The van der Waals surface area contributed by atoms with Gasteiger partial charge in [0.05, 0.1) is 19.2 Å². The Morgan fingerprint density at radius 1 is 0.566 bits per heavy atom. The van der Waals surface area contributed by atoms with E-state index in [0.717, 1.165) is 6.92 Å². The summed E-state index contributed by atoms with van der Waals surface area (Å²) >= 11 is 1.30. The first-order valence-electron chi connectivity index (χ1n) is 23.6. The van der Waals surface area contributed by atoms with Crippen molar-refractivity contribution in [1.29, 1.82) is 0 Å². The molecule has 0 radical (unpaired) electrons. The molecule has 1 aromatic heterocycles. The number of carbonyl (C=O) groups is 13. The van der Waals surface area contributed by atoms with Gasteiger partial charge in [-0.05, 0) is 69.9 Å². The number of primary amides is 2. The van der Waals surface area contributed by atoms with E-state index in [-0.39, 0.29) is 63.3 Å². The number of nitrogens with zero attached hydrogens (tertiary/aromatic N) is 2. The van der Waals surface area contributed by atoms with Gasteiger partial charge in [-0.3, -0.25) is 67.3 Å². The zero-order valence-corrected chi connectivity index (χ0v) is 42.7. The lowest BCUT2D eigenvalue weighted by Crippen LogP contribution is -2.61. The Labute approximate surface area is 439 Å². The maximum absolute atomic E-state index is 14.3. The molecule has 33 heteroatoms. The van der Waals surface area contributed by atoms with Crippen molar-refractivity contribution in [2.24, 2.45) is 33.7 Å². The van der Waals surface area contributed by atoms with Crippen molar-refractivity contribution in [3.63, 3.8) is 0 Å². The standard InChI is InChI=1S/C43H70N16O16S/c1-21(60)52-25(8-10-32(62)63)38(71)59-30(17-31(45)61)42(75)55-26(9-11-33(64)65)39(72)58-29(16-22-19-49-20-51-22)41(74)54-24(7-5-14-50-43(47)48)37(70)53-23(6-3-4-13-44)36(69)56-27(12-15-76-2)40(73)57-28(35(46)68)18-34(66)67/h19-20,23-30H,3-18,44H2,1-2H3,(H2,45,61)(H2,46,68)(H,49,51)(H,52,60)(H,53,70)(H,54,74)(H,55,75)(H,56,69)(H,57,73)(H,58,72)(H,59,71)(H,62,63)(H,64,65)(H,66,67)(H4,47,48,50)/t23-,24-,25-,26-,27-,28-,29-,30-/m0/s1. The number of aromatic nitrogens is 2. The van der Waals surface area contributed by atoms with Crippen LogP contribution in [0.15, 0.2) is 17.5 Å². The van der Waals surface area contributed by atoms with E-state index in [1.165, 1.54) is 24.3 Å². The third-order valence-corrected chi connectivity index (χ3v) is 11.4. The van der Waals surface area contributed by atoms with E-state index in [0.29, 0.717) is 12.2 Å². The average Bonchev–Trinajstić information content (AvgIpc) is 3.85. The molecular formula is C43H70N16O16S. The molecule has 0 unspecified atom stereocenters. The van der Waals surface area contributed by atoms with Crippen molar-refractivity contribution in [2.45, 2.75) is 139 Å². The molecule has 0 saturated heterocycles. The van der Waals surface area contributed by atoms with Gasteiger partial charge < -0.3 is 91.5 Å². The number of aliphatic imine (C=N–C) groups is 1. The number of unbranched alkanes of at least 4 members (excludes halogenated alkanes) is 1. The van der Waals surface area contributed by atoms with Crippen LogP contribution in [0.5, 0.6) is 0 Å². The monoisotopic (exact) mass is 1100 g/mol. The Hall–Kier alpha value is -8.10. The molecule has 0 aromatic carbocycles. The van der Waals surface area contributed by atoms with E-state index in [1.807, 2.05) is 0 Å². The number of amides is 10. The molecule has 76 heavy (non-hydrogen) atoms. The van der Waals surface area contributed by atoms with Crippen LogP contribution in [-0.2, 0) is 68.7 Å². The predicted octanol–water partition coefficient (Wildman–Crippen LogP) is -6.65. The maximum Gasteiger partial charge on any atom is 0.305 e. The van der Waals surface area contributed by atoms with Crippen molar-refractivity contribution >= 4 is 94.7 Å². The first-order valence-corrected chi connectivity index (χ1v) is 25.0. The molecule has 32 nitrogen and oxygen atoms in total. The second-order valence-corrected chi connectivity index (χ2v) is 18.0. The zero-order chi connectivity index (χ0) is 57.5. The highest BCUT2D eigenvalue weighted by atomic mass is 32.2. The van der Waals surface area contributed by atoms with Gasteiger partial charge in [0.25, 0.3) is 0 Å². The highest BCUT2D eigenvalue weighted by Gasteiger charge is 2.35. The van der Waals surface area contributed by atoms with Crippen molar-refractivity contribution in [2.75, 3.05) is 25.1 Å². The van der Waals surface area contributed by atoms with Crippen molar-refractivity contribution in [3.05, 3.63) is 18.2 Å². The van der Waals surface area contributed by atoms with Gasteiger partial charge in [-0.15, -0.1) is 0 Å².